The zero-order valence-electron chi connectivity index (χ0n) is 12.9. The van der Waals surface area contributed by atoms with Gasteiger partial charge < -0.3 is 9.91 Å². The summed E-state index contributed by atoms with van der Waals surface area (Å²) in [5.41, 5.74) is 2.39. The van der Waals surface area contributed by atoms with Crippen LogP contribution in [0.4, 0.5) is 11.4 Å². The molecule has 1 saturated heterocycles. The van der Waals surface area contributed by atoms with Gasteiger partial charge >= 0.3 is 0 Å². The van der Waals surface area contributed by atoms with Crippen LogP contribution in [0.15, 0.2) is 18.2 Å². The van der Waals surface area contributed by atoms with Gasteiger partial charge in [0.05, 0.1) is 10.6 Å². The number of nitro groups is 1. The predicted molar refractivity (Wildman–Crippen MR) is 82.5 cm³/mol. The molecule has 0 spiro atoms. The van der Waals surface area contributed by atoms with E-state index in [2.05, 4.69) is 35.8 Å². The summed E-state index contributed by atoms with van der Waals surface area (Å²) in [5.74, 6) is 0. The van der Waals surface area contributed by atoms with Crippen LogP contribution in [-0.4, -0.2) is 54.6 Å². The number of hydrogen-bond acceptors (Lipinski definition) is 5. The van der Waals surface area contributed by atoms with Crippen molar-refractivity contribution in [1.29, 1.82) is 0 Å². The molecule has 0 aromatic heterocycles. The molecule has 2 aliphatic heterocycles. The fraction of sp³-hybridized carbons (Fsp3) is 0.600. The van der Waals surface area contributed by atoms with Gasteiger partial charge in [0, 0.05) is 50.3 Å². The summed E-state index contributed by atoms with van der Waals surface area (Å²) in [6.07, 6.45) is 0. The Labute approximate surface area is 125 Å². The van der Waals surface area contributed by atoms with E-state index >= 15 is 0 Å². The topological polar surface area (TPSA) is 52.9 Å². The minimum Gasteiger partial charge on any atom is -0.304 e. The van der Waals surface area contributed by atoms with Crippen LogP contribution in [0.3, 0.4) is 0 Å². The molecule has 0 radical (unpaired) electrons. The highest BCUT2D eigenvalue weighted by Crippen LogP contribution is 2.42. The van der Waals surface area contributed by atoms with E-state index in [1.54, 1.807) is 12.1 Å². The lowest BCUT2D eigenvalue weighted by atomic mass is 9.87. The second-order valence-corrected chi connectivity index (χ2v) is 6.66. The van der Waals surface area contributed by atoms with Gasteiger partial charge in [-0.2, -0.15) is 0 Å². The zero-order valence-corrected chi connectivity index (χ0v) is 12.9. The fourth-order valence-electron chi connectivity index (χ4n) is 3.25. The number of fused-ring (bicyclic) bond motifs is 1. The third kappa shape index (κ3) is 2.49. The van der Waals surface area contributed by atoms with Gasteiger partial charge in [0.1, 0.15) is 0 Å². The molecule has 114 valence electrons. The van der Waals surface area contributed by atoms with E-state index in [0.29, 0.717) is 0 Å². The van der Waals surface area contributed by atoms with Crippen molar-refractivity contribution < 1.29 is 4.92 Å². The largest absolute Gasteiger partial charge is 0.304 e. The molecule has 21 heavy (non-hydrogen) atoms. The second kappa shape index (κ2) is 4.96. The standard InChI is InChI=1S/C15H22N4O2/c1-15(2)11-18(17-8-6-16(3)7-9-17)14-10-12(19(20)21)4-5-13(14)15/h4-5,10H,6-9,11H2,1-3H3. The third-order valence-electron chi connectivity index (χ3n) is 4.57. The van der Waals surface area contributed by atoms with Crippen LogP contribution >= 0.6 is 0 Å². The molecular formula is C15H22N4O2. The maximum atomic E-state index is 11.1. The number of anilines is 1. The van der Waals surface area contributed by atoms with Crippen molar-refractivity contribution in [3.63, 3.8) is 0 Å². The fourth-order valence-corrected chi connectivity index (χ4v) is 3.25. The highest BCUT2D eigenvalue weighted by molar-refractivity contribution is 5.65. The average Bonchev–Trinajstić information content (AvgIpc) is 2.71. The number of likely N-dealkylation sites (N-methyl/N-ethyl adjacent to an activating group) is 1. The molecule has 0 bridgehead atoms. The third-order valence-corrected chi connectivity index (χ3v) is 4.57. The van der Waals surface area contributed by atoms with E-state index in [1.165, 1.54) is 5.56 Å². The molecule has 6 heteroatoms. The highest BCUT2D eigenvalue weighted by Gasteiger charge is 2.39. The van der Waals surface area contributed by atoms with Crippen molar-refractivity contribution in [3.8, 4) is 0 Å². The molecule has 0 saturated carbocycles. The maximum Gasteiger partial charge on any atom is 0.271 e. The summed E-state index contributed by atoms with van der Waals surface area (Å²) in [4.78, 5) is 13.1. The molecule has 6 nitrogen and oxygen atoms in total. The van der Waals surface area contributed by atoms with E-state index in [-0.39, 0.29) is 16.0 Å². The first kappa shape index (κ1) is 14.3. The Morgan fingerprint density at radius 1 is 1.19 bits per heavy atom. The Hall–Kier alpha value is -1.66. The second-order valence-electron chi connectivity index (χ2n) is 6.66. The molecule has 0 aliphatic carbocycles. The lowest BCUT2D eigenvalue weighted by Gasteiger charge is -2.40. The van der Waals surface area contributed by atoms with Crippen molar-refractivity contribution >= 4 is 11.4 Å². The maximum absolute atomic E-state index is 11.1. The van der Waals surface area contributed by atoms with E-state index in [1.807, 2.05) is 6.07 Å². The van der Waals surface area contributed by atoms with E-state index < -0.39 is 0 Å². The molecular weight excluding hydrogens is 268 g/mol. The Bertz CT molecular complexity index is 565. The molecule has 0 N–H and O–H groups in total. The Balaban J connectivity index is 1.95. The number of piperazine rings is 1. The van der Waals surface area contributed by atoms with Crippen molar-refractivity contribution in [2.45, 2.75) is 19.3 Å². The van der Waals surface area contributed by atoms with Crippen molar-refractivity contribution in [2.75, 3.05) is 44.8 Å². The van der Waals surface area contributed by atoms with Crippen LogP contribution in [-0.2, 0) is 5.41 Å². The summed E-state index contributed by atoms with van der Waals surface area (Å²) < 4.78 is 0. The van der Waals surface area contributed by atoms with Crippen LogP contribution in [0, 0.1) is 10.1 Å². The van der Waals surface area contributed by atoms with E-state index in [9.17, 15) is 10.1 Å². The number of hydrazine groups is 1. The van der Waals surface area contributed by atoms with Crippen molar-refractivity contribution in [2.24, 2.45) is 0 Å². The highest BCUT2D eigenvalue weighted by atomic mass is 16.6. The van der Waals surface area contributed by atoms with E-state index in [4.69, 9.17) is 0 Å². The van der Waals surface area contributed by atoms with Crippen LogP contribution in [0.25, 0.3) is 0 Å². The van der Waals surface area contributed by atoms with Gasteiger partial charge in [0.2, 0.25) is 0 Å². The SMILES string of the molecule is CN1CCN(N2CC(C)(C)c3ccc([N+](=O)[O-])cc32)CC1. The first-order valence-corrected chi connectivity index (χ1v) is 7.38. The first-order valence-electron chi connectivity index (χ1n) is 7.38. The Morgan fingerprint density at radius 3 is 2.48 bits per heavy atom. The van der Waals surface area contributed by atoms with Crippen molar-refractivity contribution in [1.82, 2.24) is 9.91 Å². The number of nitro benzene ring substituents is 1. The van der Waals surface area contributed by atoms with Gasteiger partial charge in [-0.05, 0) is 18.7 Å². The van der Waals surface area contributed by atoms with Crippen LogP contribution < -0.4 is 5.01 Å². The minimum absolute atomic E-state index is 0.0216. The lowest BCUT2D eigenvalue weighted by Crippen LogP contribution is -2.53. The van der Waals surface area contributed by atoms with Gasteiger partial charge in [0.15, 0.2) is 0 Å². The molecule has 1 aromatic rings. The molecule has 3 rings (SSSR count). The smallest absolute Gasteiger partial charge is 0.271 e. The number of non-ortho nitro benzene ring substituents is 1. The molecule has 2 heterocycles. The summed E-state index contributed by atoms with van der Waals surface area (Å²) in [6.45, 7) is 9.28. The lowest BCUT2D eigenvalue weighted by molar-refractivity contribution is -0.384. The number of nitrogens with zero attached hydrogens (tertiary/aromatic N) is 4. The number of rotatable bonds is 2. The first-order chi connectivity index (χ1) is 9.88. The summed E-state index contributed by atoms with van der Waals surface area (Å²) in [7, 11) is 2.13. The predicted octanol–water partition coefficient (Wildman–Crippen LogP) is 1.85. The van der Waals surface area contributed by atoms with Gasteiger partial charge in [-0.3, -0.25) is 10.1 Å². The van der Waals surface area contributed by atoms with Gasteiger partial charge in [-0.25, -0.2) is 5.01 Å². The van der Waals surface area contributed by atoms with Gasteiger partial charge in [-0.15, -0.1) is 0 Å². The molecule has 1 aromatic carbocycles. The molecule has 0 unspecified atom stereocenters. The Kier molecular flexibility index (Phi) is 3.37. The summed E-state index contributed by atoms with van der Waals surface area (Å²) >= 11 is 0. The zero-order chi connectivity index (χ0) is 15.2. The molecule has 0 amide bonds. The number of hydrogen-bond donors (Lipinski definition) is 0. The monoisotopic (exact) mass is 290 g/mol. The number of benzene rings is 1. The normalized spacial score (nSPS) is 22.3. The molecule has 2 aliphatic rings. The average molecular weight is 290 g/mol. The quantitative estimate of drug-likeness (QED) is 0.614. The van der Waals surface area contributed by atoms with Crippen LogP contribution in [0.5, 0.6) is 0 Å². The van der Waals surface area contributed by atoms with Crippen LogP contribution in [0.2, 0.25) is 0 Å². The molecule has 1 fully saturated rings. The summed E-state index contributed by atoms with van der Waals surface area (Å²) in [5, 5.41) is 15.6. The Morgan fingerprint density at radius 2 is 1.86 bits per heavy atom. The van der Waals surface area contributed by atoms with Gasteiger partial charge in [-0.1, -0.05) is 13.8 Å². The van der Waals surface area contributed by atoms with Crippen molar-refractivity contribution in [3.05, 3.63) is 33.9 Å². The minimum atomic E-state index is -0.312. The molecule has 0 atom stereocenters. The van der Waals surface area contributed by atoms with Gasteiger partial charge in [0.25, 0.3) is 5.69 Å². The van der Waals surface area contributed by atoms with Crippen LogP contribution in [0.1, 0.15) is 19.4 Å². The van der Waals surface area contributed by atoms with E-state index in [0.717, 1.165) is 38.4 Å². The summed E-state index contributed by atoms with van der Waals surface area (Å²) in [6, 6.07) is 5.26.